The number of aromatic nitrogens is 1. The molecule has 0 aromatic carbocycles. The lowest BCUT2D eigenvalue weighted by Gasteiger charge is -2.33. The third-order valence-electron chi connectivity index (χ3n) is 3.72. The first-order valence-electron chi connectivity index (χ1n) is 6.43. The predicted octanol–water partition coefficient (Wildman–Crippen LogP) is 2.61. The van der Waals surface area contributed by atoms with Gasteiger partial charge in [-0.3, -0.25) is 4.90 Å². The van der Waals surface area contributed by atoms with E-state index in [1.54, 1.807) is 0 Å². The van der Waals surface area contributed by atoms with Crippen LogP contribution in [0, 0.1) is 6.92 Å². The minimum absolute atomic E-state index is 0.562. The molecule has 0 N–H and O–H groups in total. The summed E-state index contributed by atoms with van der Waals surface area (Å²) in [5.74, 6) is 1.05. The van der Waals surface area contributed by atoms with E-state index in [0.717, 1.165) is 5.82 Å². The zero-order valence-corrected chi connectivity index (χ0v) is 11.4. The van der Waals surface area contributed by atoms with Crippen molar-refractivity contribution < 1.29 is 0 Å². The van der Waals surface area contributed by atoms with Gasteiger partial charge in [-0.25, -0.2) is 4.98 Å². The van der Waals surface area contributed by atoms with E-state index in [1.165, 1.54) is 36.9 Å². The zero-order chi connectivity index (χ0) is 12.4. The van der Waals surface area contributed by atoms with E-state index >= 15 is 0 Å². The smallest absolute Gasteiger partial charge is 0.128 e. The summed E-state index contributed by atoms with van der Waals surface area (Å²) in [7, 11) is 6.30. The average molecular weight is 233 g/mol. The Morgan fingerprint density at radius 2 is 2.12 bits per heavy atom. The molecule has 1 aliphatic heterocycles. The van der Waals surface area contributed by atoms with Crippen LogP contribution in [0.15, 0.2) is 12.3 Å². The van der Waals surface area contributed by atoms with Gasteiger partial charge in [-0.05, 0) is 50.6 Å². The average Bonchev–Trinajstić information content (AvgIpc) is 2.30. The molecule has 17 heavy (non-hydrogen) atoms. The van der Waals surface area contributed by atoms with Gasteiger partial charge in [0.05, 0.1) is 0 Å². The number of aryl methyl sites for hydroxylation is 1. The lowest BCUT2D eigenvalue weighted by molar-refractivity contribution is 0.186. The van der Waals surface area contributed by atoms with Crippen LogP contribution in [0.1, 0.15) is 36.4 Å². The summed E-state index contributed by atoms with van der Waals surface area (Å²) in [4.78, 5) is 9.07. The Hall–Kier alpha value is -1.09. The summed E-state index contributed by atoms with van der Waals surface area (Å²) < 4.78 is 0. The van der Waals surface area contributed by atoms with Gasteiger partial charge in [-0.15, -0.1) is 0 Å². The van der Waals surface area contributed by atoms with E-state index in [2.05, 4.69) is 41.0 Å². The molecule has 3 nitrogen and oxygen atoms in total. The Balaban J connectivity index is 2.26. The molecular weight excluding hydrogens is 210 g/mol. The normalized spacial score (nSPS) is 21.5. The van der Waals surface area contributed by atoms with Crippen LogP contribution in [0.4, 0.5) is 5.82 Å². The van der Waals surface area contributed by atoms with Gasteiger partial charge >= 0.3 is 0 Å². The Morgan fingerprint density at radius 3 is 2.71 bits per heavy atom. The van der Waals surface area contributed by atoms with Crippen LogP contribution in [-0.2, 0) is 0 Å². The van der Waals surface area contributed by atoms with Gasteiger partial charge in [-0.1, -0.05) is 6.42 Å². The highest BCUT2D eigenvalue weighted by molar-refractivity contribution is 5.42. The second kappa shape index (κ2) is 5.05. The van der Waals surface area contributed by atoms with Crippen LogP contribution in [0.2, 0.25) is 0 Å². The summed E-state index contributed by atoms with van der Waals surface area (Å²) in [5, 5.41) is 0. The fourth-order valence-corrected chi connectivity index (χ4v) is 2.61. The standard InChI is InChI=1S/C14H23N3/c1-11-9-14(16(2)3)15-10-12(11)13-7-5-6-8-17(13)4/h9-10,13H,5-8H2,1-4H3. The second-order valence-electron chi connectivity index (χ2n) is 5.29. The van der Waals surface area contributed by atoms with Gasteiger partial charge < -0.3 is 4.90 Å². The van der Waals surface area contributed by atoms with Crippen LogP contribution >= 0.6 is 0 Å². The Bertz CT molecular complexity index is 387. The number of hydrogen-bond donors (Lipinski definition) is 0. The van der Waals surface area contributed by atoms with Crippen LogP contribution in [-0.4, -0.2) is 37.6 Å². The van der Waals surface area contributed by atoms with Crippen LogP contribution in [0.25, 0.3) is 0 Å². The molecule has 0 amide bonds. The largest absolute Gasteiger partial charge is 0.363 e. The highest BCUT2D eigenvalue weighted by atomic mass is 15.1. The zero-order valence-electron chi connectivity index (χ0n) is 11.4. The number of hydrogen-bond acceptors (Lipinski definition) is 3. The summed E-state index contributed by atoms with van der Waals surface area (Å²) >= 11 is 0. The number of likely N-dealkylation sites (tertiary alicyclic amines) is 1. The van der Waals surface area contributed by atoms with Crippen molar-refractivity contribution in [2.45, 2.75) is 32.2 Å². The lowest BCUT2D eigenvalue weighted by atomic mass is 9.94. The first-order chi connectivity index (χ1) is 8.09. The Kier molecular flexibility index (Phi) is 3.67. The predicted molar refractivity (Wildman–Crippen MR) is 72.5 cm³/mol. The molecule has 1 aromatic rings. The van der Waals surface area contributed by atoms with Crippen LogP contribution < -0.4 is 4.90 Å². The van der Waals surface area contributed by atoms with E-state index in [1.807, 2.05) is 14.1 Å². The first-order valence-corrected chi connectivity index (χ1v) is 6.43. The Labute approximate surface area is 104 Å². The van der Waals surface area contributed by atoms with Crippen molar-refractivity contribution in [1.29, 1.82) is 0 Å². The summed E-state index contributed by atoms with van der Waals surface area (Å²) in [6.45, 7) is 3.41. The van der Waals surface area contributed by atoms with Gasteiger partial charge in [0.2, 0.25) is 0 Å². The molecule has 1 saturated heterocycles. The quantitative estimate of drug-likeness (QED) is 0.783. The SMILES string of the molecule is Cc1cc(N(C)C)ncc1C1CCCCN1C. The van der Waals surface area contributed by atoms with Crippen molar-refractivity contribution in [3.63, 3.8) is 0 Å². The summed E-state index contributed by atoms with van der Waals surface area (Å²) in [6, 6.07) is 2.75. The molecule has 0 spiro atoms. The van der Waals surface area contributed by atoms with E-state index in [0.29, 0.717) is 6.04 Å². The molecule has 2 rings (SSSR count). The van der Waals surface area contributed by atoms with Crippen molar-refractivity contribution in [2.75, 3.05) is 32.6 Å². The molecule has 0 aliphatic carbocycles. The summed E-state index contributed by atoms with van der Waals surface area (Å²) in [5.41, 5.74) is 2.76. The van der Waals surface area contributed by atoms with Crippen molar-refractivity contribution >= 4 is 5.82 Å². The first kappa shape index (κ1) is 12.4. The molecule has 0 saturated carbocycles. The maximum atomic E-state index is 4.55. The number of pyridine rings is 1. The molecule has 0 bridgehead atoms. The second-order valence-corrected chi connectivity index (χ2v) is 5.29. The van der Waals surface area contributed by atoms with Gasteiger partial charge in [0.25, 0.3) is 0 Å². The summed E-state index contributed by atoms with van der Waals surface area (Å²) in [6.07, 6.45) is 6.00. The molecule has 1 unspecified atom stereocenters. The van der Waals surface area contributed by atoms with Gasteiger partial charge in [0, 0.05) is 26.3 Å². The fourth-order valence-electron chi connectivity index (χ4n) is 2.61. The topological polar surface area (TPSA) is 19.4 Å². The molecular formula is C14H23N3. The monoisotopic (exact) mass is 233 g/mol. The molecule has 0 radical (unpaired) electrons. The molecule has 1 aliphatic rings. The van der Waals surface area contributed by atoms with Crippen molar-refractivity contribution in [3.8, 4) is 0 Å². The molecule has 2 heterocycles. The highest BCUT2D eigenvalue weighted by Gasteiger charge is 2.22. The van der Waals surface area contributed by atoms with Gasteiger partial charge in [0.1, 0.15) is 5.82 Å². The maximum Gasteiger partial charge on any atom is 0.128 e. The van der Waals surface area contributed by atoms with E-state index in [9.17, 15) is 0 Å². The molecule has 1 atom stereocenters. The molecule has 1 fully saturated rings. The van der Waals surface area contributed by atoms with E-state index < -0.39 is 0 Å². The fraction of sp³-hybridized carbons (Fsp3) is 0.643. The van der Waals surface area contributed by atoms with Crippen molar-refractivity contribution in [2.24, 2.45) is 0 Å². The maximum absolute atomic E-state index is 4.55. The lowest BCUT2D eigenvalue weighted by Crippen LogP contribution is -2.30. The van der Waals surface area contributed by atoms with E-state index in [-0.39, 0.29) is 0 Å². The number of anilines is 1. The number of piperidine rings is 1. The van der Waals surface area contributed by atoms with Gasteiger partial charge in [0.15, 0.2) is 0 Å². The molecule has 3 heteroatoms. The van der Waals surface area contributed by atoms with Crippen molar-refractivity contribution in [1.82, 2.24) is 9.88 Å². The number of rotatable bonds is 2. The minimum Gasteiger partial charge on any atom is -0.363 e. The van der Waals surface area contributed by atoms with Gasteiger partial charge in [-0.2, -0.15) is 0 Å². The van der Waals surface area contributed by atoms with E-state index in [4.69, 9.17) is 0 Å². The van der Waals surface area contributed by atoms with Crippen LogP contribution in [0.5, 0.6) is 0 Å². The minimum atomic E-state index is 0.562. The Morgan fingerprint density at radius 1 is 1.35 bits per heavy atom. The van der Waals surface area contributed by atoms with Crippen LogP contribution in [0.3, 0.4) is 0 Å². The number of nitrogens with zero attached hydrogens (tertiary/aromatic N) is 3. The third kappa shape index (κ3) is 2.60. The molecule has 94 valence electrons. The third-order valence-corrected chi connectivity index (χ3v) is 3.72. The highest BCUT2D eigenvalue weighted by Crippen LogP contribution is 2.31. The van der Waals surface area contributed by atoms with Crippen molar-refractivity contribution in [3.05, 3.63) is 23.4 Å². The molecule has 1 aromatic heterocycles.